The number of hydrogen-bond donors (Lipinski definition) is 6. The van der Waals surface area contributed by atoms with Gasteiger partial charge in [0.05, 0.1) is 40.2 Å². The van der Waals surface area contributed by atoms with Crippen LogP contribution in [0.2, 0.25) is 0 Å². The first-order chi connectivity index (χ1) is 19.9. The molecule has 42 heavy (non-hydrogen) atoms. The van der Waals surface area contributed by atoms with Gasteiger partial charge in [-0.05, 0) is 0 Å². The molecule has 0 saturated carbocycles. The number of nitrogens with one attached hydrogen (secondary N) is 2. The molecule has 4 aromatic heterocycles. The highest BCUT2D eigenvalue weighted by Crippen LogP contribution is 2.67. The summed E-state index contributed by atoms with van der Waals surface area (Å²) in [6.45, 7) is 0. The number of thioether (sulfide) groups is 4. The van der Waals surface area contributed by atoms with Crippen LogP contribution in [-0.4, -0.2) is 49.2 Å². The molecule has 0 radical (unpaired) electrons. The van der Waals surface area contributed by atoms with Gasteiger partial charge in [-0.15, -0.1) is 0 Å². The molecule has 1 aromatic carbocycles. The highest BCUT2D eigenvalue weighted by Gasteiger charge is 2.36. The lowest BCUT2D eigenvalue weighted by atomic mass is 10.3. The van der Waals surface area contributed by atoms with Crippen LogP contribution in [0.15, 0.2) is 60.5 Å². The number of phenols is 2. The van der Waals surface area contributed by atoms with E-state index in [-0.39, 0.29) is 50.0 Å². The molecule has 20 heteroatoms. The highest BCUT2D eigenvalue weighted by atomic mass is 32.2. The first kappa shape index (κ1) is 26.3. The van der Waals surface area contributed by atoms with Gasteiger partial charge < -0.3 is 20.4 Å². The van der Waals surface area contributed by atoms with Crippen LogP contribution in [0.5, 0.6) is 23.3 Å². The quantitative estimate of drug-likeness (QED) is 0.0996. The number of benzene rings is 1. The van der Waals surface area contributed by atoms with Crippen molar-refractivity contribution in [3.63, 3.8) is 0 Å². The van der Waals surface area contributed by atoms with Gasteiger partial charge in [0, 0.05) is 0 Å². The summed E-state index contributed by atoms with van der Waals surface area (Å²) < 4.78 is 1.38. The molecule has 0 atom stereocenters. The summed E-state index contributed by atoms with van der Waals surface area (Å²) in [7, 11) is 0. The molecule has 0 saturated heterocycles. The predicted octanol–water partition coefficient (Wildman–Crippen LogP) is -2.01. The third-order valence-electron chi connectivity index (χ3n) is 6.02. The van der Waals surface area contributed by atoms with Crippen molar-refractivity contribution in [3.8, 4) is 23.3 Å². The fraction of sp³-hybridized carbons (Fsp3) is 0. The van der Waals surface area contributed by atoms with Gasteiger partial charge in [0.15, 0.2) is 11.3 Å². The van der Waals surface area contributed by atoms with E-state index < -0.39 is 56.7 Å². The molecule has 0 fully saturated rings. The van der Waals surface area contributed by atoms with Crippen LogP contribution >= 0.6 is 47.0 Å². The van der Waals surface area contributed by atoms with Crippen molar-refractivity contribution in [2.24, 2.45) is 0 Å². The Morgan fingerprint density at radius 3 is 1.24 bits per heavy atom. The first-order valence-electron chi connectivity index (χ1n) is 11.1. The molecule has 16 nitrogen and oxygen atoms in total. The minimum absolute atomic E-state index is 0.104. The molecule has 2 aliphatic heterocycles. The second kappa shape index (κ2) is 8.92. The lowest BCUT2D eigenvalue weighted by molar-refractivity contribution is 0.411. The Bertz CT molecular complexity index is 2390. The number of H-pyrrole nitrogens is 2. The summed E-state index contributed by atoms with van der Waals surface area (Å²) in [5.41, 5.74) is -6.73. The number of fused-ring (bicyclic) bond motifs is 4. The summed E-state index contributed by atoms with van der Waals surface area (Å²) in [4.78, 5) is 86.8. The Kier molecular flexibility index (Phi) is 5.57. The second-order valence-electron chi connectivity index (χ2n) is 8.49. The van der Waals surface area contributed by atoms with E-state index in [1.54, 1.807) is 0 Å². The molecule has 0 aliphatic carbocycles. The molecular formula is C22H8N6O10S4. The summed E-state index contributed by atoms with van der Waals surface area (Å²) >= 11 is 3.32. The molecule has 7 rings (SSSR count). The van der Waals surface area contributed by atoms with Crippen LogP contribution in [0.25, 0.3) is 19.8 Å². The number of aromatic amines is 2. The van der Waals surface area contributed by atoms with Crippen LogP contribution in [0.1, 0.15) is 0 Å². The summed E-state index contributed by atoms with van der Waals surface area (Å²) in [5.74, 6) is -2.15. The zero-order valence-electron chi connectivity index (χ0n) is 19.8. The maximum atomic E-state index is 12.8. The standard InChI is InChI=1S/C22H8N6O10S4/c29-3-1-5(31)27-15(23-3)7(17(35)25-21(27)37)19-39-11-9(33)13-14(10(34)12(11)40-19)42-20(41-13)8-16-24-4(30)2-6(32)28(16)22(38)26-18(8)36/h1-2,29-30,33-34H,(H,25,35,37)(H,26,36,38). The average Bonchev–Trinajstić information content (AvgIpc) is 3.52. The lowest BCUT2D eigenvalue weighted by Crippen LogP contribution is -2.43. The van der Waals surface area contributed by atoms with Crippen molar-refractivity contribution in [2.75, 3.05) is 0 Å². The smallest absolute Gasteiger partial charge is 0.337 e. The van der Waals surface area contributed by atoms with Gasteiger partial charge >= 0.3 is 11.4 Å². The predicted molar refractivity (Wildman–Crippen MR) is 150 cm³/mol. The van der Waals surface area contributed by atoms with E-state index in [9.17, 15) is 49.2 Å². The zero-order chi connectivity index (χ0) is 29.8. The molecule has 5 aromatic rings. The molecule has 0 unspecified atom stereocenters. The minimum Gasteiger partial charge on any atom is -0.505 e. The molecule has 2 aliphatic rings. The van der Waals surface area contributed by atoms with Crippen molar-refractivity contribution < 1.29 is 20.4 Å². The van der Waals surface area contributed by atoms with Crippen molar-refractivity contribution in [3.05, 3.63) is 85.0 Å². The van der Waals surface area contributed by atoms with Gasteiger partial charge in [0.2, 0.25) is 11.8 Å². The Morgan fingerprint density at radius 1 is 0.571 bits per heavy atom. The molecule has 6 N–H and O–H groups in total. The summed E-state index contributed by atoms with van der Waals surface area (Å²) in [5, 5.41) is 41.6. The molecule has 0 amide bonds. The molecular weight excluding hydrogens is 637 g/mol. The van der Waals surface area contributed by atoms with E-state index in [0.29, 0.717) is 20.9 Å². The van der Waals surface area contributed by atoms with E-state index in [1.165, 1.54) is 0 Å². The zero-order valence-corrected chi connectivity index (χ0v) is 23.1. The third kappa shape index (κ3) is 3.62. The summed E-state index contributed by atoms with van der Waals surface area (Å²) in [6.07, 6.45) is 0. The highest BCUT2D eigenvalue weighted by molar-refractivity contribution is 8.33. The number of rotatable bonds is 0. The van der Waals surface area contributed by atoms with Crippen molar-refractivity contribution in [1.29, 1.82) is 0 Å². The van der Waals surface area contributed by atoms with Gasteiger partial charge in [0.1, 0.15) is 21.9 Å². The van der Waals surface area contributed by atoms with Crippen LogP contribution in [0.4, 0.5) is 0 Å². The largest absolute Gasteiger partial charge is 0.505 e. The van der Waals surface area contributed by atoms with Crippen molar-refractivity contribution >= 4 is 66.8 Å². The third-order valence-corrected chi connectivity index (χ3v) is 11.2. The Balaban J connectivity index is 1.46. The average molecular weight is 645 g/mol. The topological polar surface area (TPSA) is 250 Å². The Hall–Kier alpha value is -4.66. The van der Waals surface area contributed by atoms with Crippen LogP contribution in [0.3, 0.4) is 0 Å². The maximum absolute atomic E-state index is 12.8. The number of aromatic hydroxyl groups is 4. The Labute approximate surface area is 243 Å². The SMILES string of the molecule is O=c1[nH]c(=O)n2c(=O)cc(O)nc2c1=C1Sc2c(O)c3c(c(O)c2S1)SC(=c1c(=O)[nH]c(=O)n2c(=O)cc(O)nc12)S3. The van der Waals surface area contributed by atoms with E-state index in [1.807, 2.05) is 9.97 Å². The molecule has 6 heterocycles. The van der Waals surface area contributed by atoms with Gasteiger partial charge in [-0.25, -0.2) is 18.4 Å². The second-order valence-corrected chi connectivity index (χ2v) is 13.1. The van der Waals surface area contributed by atoms with E-state index in [2.05, 4.69) is 9.97 Å². The van der Waals surface area contributed by atoms with Gasteiger partial charge in [-0.3, -0.25) is 29.1 Å². The number of nitrogens with zero attached hydrogens (tertiary/aromatic N) is 4. The monoisotopic (exact) mass is 644 g/mol. The van der Waals surface area contributed by atoms with Crippen molar-refractivity contribution in [2.45, 2.75) is 19.6 Å². The number of aromatic nitrogens is 6. The molecule has 0 spiro atoms. The van der Waals surface area contributed by atoms with Gasteiger partial charge in [-0.2, -0.15) is 9.97 Å². The van der Waals surface area contributed by atoms with E-state index in [4.69, 9.17) is 0 Å². The van der Waals surface area contributed by atoms with Crippen molar-refractivity contribution in [1.82, 2.24) is 28.7 Å². The van der Waals surface area contributed by atoms with Crippen LogP contribution < -0.4 is 44.1 Å². The minimum atomic E-state index is -1.07. The maximum Gasteiger partial charge on any atom is 0.337 e. The van der Waals surface area contributed by atoms with E-state index in [0.717, 1.165) is 47.0 Å². The molecule has 0 bridgehead atoms. The lowest BCUT2D eigenvalue weighted by Gasteiger charge is -2.08. The first-order valence-corrected chi connectivity index (χ1v) is 14.4. The number of hydrogen-bond acceptors (Lipinski definition) is 16. The van der Waals surface area contributed by atoms with Crippen LogP contribution in [-0.2, 0) is 0 Å². The van der Waals surface area contributed by atoms with Gasteiger partial charge in [-0.1, -0.05) is 47.0 Å². The fourth-order valence-corrected chi connectivity index (χ4v) is 9.70. The van der Waals surface area contributed by atoms with Gasteiger partial charge in [0.25, 0.3) is 22.2 Å². The summed E-state index contributed by atoms with van der Waals surface area (Å²) in [6, 6.07) is 1.39. The number of phenolic OH excluding ortho intramolecular Hbond substituents is 2. The van der Waals surface area contributed by atoms with Crippen LogP contribution in [0, 0.1) is 0 Å². The molecule has 210 valence electrons. The normalized spacial score (nSPS) is 14.2. The van der Waals surface area contributed by atoms with E-state index >= 15 is 0 Å². The Morgan fingerprint density at radius 2 is 0.905 bits per heavy atom. The fourth-order valence-electron chi connectivity index (χ4n) is 4.30.